The highest BCUT2D eigenvalue weighted by Crippen LogP contribution is 2.11. The summed E-state index contributed by atoms with van der Waals surface area (Å²) in [5, 5.41) is 6.50. The van der Waals surface area contributed by atoms with E-state index in [1.165, 1.54) is 0 Å². The number of halogens is 1. The average molecular weight is 190 g/mol. The van der Waals surface area contributed by atoms with Crippen LogP contribution in [0.1, 0.15) is 6.42 Å². The highest BCUT2D eigenvalue weighted by molar-refractivity contribution is 7.08. The van der Waals surface area contributed by atoms with Crippen LogP contribution < -0.4 is 5.32 Å². The Kier molecular flexibility index (Phi) is 3.39. The second-order valence-electron chi connectivity index (χ2n) is 2.00. The highest BCUT2D eigenvalue weighted by Gasteiger charge is 1.99. The number of anilines is 1. The van der Waals surface area contributed by atoms with Gasteiger partial charge in [-0.25, -0.2) is 0 Å². The SMILES string of the molecule is O=C(CCCl)Nc1ccsc1. The first-order valence-electron chi connectivity index (χ1n) is 3.21. The monoisotopic (exact) mass is 189 g/mol. The molecule has 0 aromatic carbocycles. The molecule has 0 saturated heterocycles. The van der Waals surface area contributed by atoms with Crippen molar-refractivity contribution in [2.45, 2.75) is 6.42 Å². The molecule has 0 bridgehead atoms. The van der Waals surface area contributed by atoms with Gasteiger partial charge in [0.2, 0.25) is 5.91 Å². The molecule has 1 rings (SSSR count). The van der Waals surface area contributed by atoms with Crippen LogP contribution in [0.25, 0.3) is 0 Å². The second kappa shape index (κ2) is 4.36. The van der Waals surface area contributed by atoms with E-state index in [0.29, 0.717) is 12.3 Å². The lowest BCUT2D eigenvalue weighted by Crippen LogP contribution is -2.10. The number of thiophene rings is 1. The predicted octanol–water partition coefficient (Wildman–Crippen LogP) is 2.32. The van der Waals surface area contributed by atoms with Crippen LogP contribution >= 0.6 is 22.9 Å². The number of rotatable bonds is 3. The average Bonchev–Trinajstić information content (AvgIpc) is 2.40. The van der Waals surface area contributed by atoms with Gasteiger partial charge in [-0.1, -0.05) is 0 Å². The van der Waals surface area contributed by atoms with Gasteiger partial charge in [0.15, 0.2) is 0 Å². The molecule has 0 aliphatic rings. The van der Waals surface area contributed by atoms with Crippen LogP contribution in [-0.2, 0) is 4.79 Å². The summed E-state index contributed by atoms with van der Waals surface area (Å²) in [6.07, 6.45) is 0.372. The Balaban J connectivity index is 2.37. The number of hydrogen-bond acceptors (Lipinski definition) is 2. The van der Waals surface area contributed by atoms with Gasteiger partial charge in [-0.3, -0.25) is 4.79 Å². The van der Waals surface area contributed by atoms with Crippen LogP contribution in [0.15, 0.2) is 16.8 Å². The molecule has 60 valence electrons. The lowest BCUT2D eigenvalue weighted by molar-refractivity contribution is -0.115. The Morgan fingerprint density at radius 2 is 2.55 bits per heavy atom. The first-order chi connectivity index (χ1) is 5.33. The Morgan fingerprint density at radius 3 is 3.09 bits per heavy atom. The first kappa shape index (κ1) is 8.56. The molecule has 4 heteroatoms. The zero-order chi connectivity index (χ0) is 8.10. The smallest absolute Gasteiger partial charge is 0.225 e. The molecule has 0 atom stereocenters. The molecular weight excluding hydrogens is 182 g/mol. The quantitative estimate of drug-likeness (QED) is 0.727. The van der Waals surface area contributed by atoms with Crippen molar-refractivity contribution in [3.8, 4) is 0 Å². The fourth-order valence-corrected chi connectivity index (χ4v) is 1.40. The van der Waals surface area contributed by atoms with E-state index in [2.05, 4.69) is 5.32 Å². The van der Waals surface area contributed by atoms with E-state index in [-0.39, 0.29) is 5.91 Å². The molecule has 1 amide bonds. The van der Waals surface area contributed by atoms with Crippen molar-refractivity contribution in [2.24, 2.45) is 0 Å². The highest BCUT2D eigenvalue weighted by atomic mass is 35.5. The summed E-state index contributed by atoms with van der Waals surface area (Å²) in [4.78, 5) is 10.9. The van der Waals surface area contributed by atoms with Crippen LogP contribution in [0.2, 0.25) is 0 Å². The van der Waals surface area contributed by atoms with E-state index >= 15 is 0 Å². The molecule has 1 N–H and O–H groups in total. The van der Waals surface area contributed by atoms with E-state index in [1.54, 1.807) is 11.3 Å². The summed E-state index contributed by atoms with van der Waals surface area (Å²) in [5.74, 6) is 0.342. The van der Waals surface area contributed by atoms with E-state index in [4.69, 9.17) is 11.6 Å². The molecule has 1 aromatic rings. The van der Waals surface area contributed by atoms with Crippen molar-refractivity contribution >= 4 is 34.5 Å². The maximum atomic E-state index is 10.9. The number of amides is 1. The van der Waals surface area contributed by atoms with Crippen LogP contribution in [0.5, 0.6) is 0 Å². The van der Waals surface area contributed by atoms with E-state index in [9.17, 15) is 4.79 Å². The minimum Gasteiger partial charge on any atom is -0.325 e. The lowest BCUT2D eigenvalue weighted by Gasteiger charge is -1.98. The van der Waals surface area contributed by atoms with E-state index in [0.717, 1.165) is 5.69 Å². The van der Waals surface area contributed by atoms with Crippen LogP contribution in [-0.4, -0.2) is 11.8 Å². The fraction of sp³-hybridized carbons (Fsp3) is 0.286. The summed E-state index contributed by atoms with van der Waals surface area (Å²) < 4.78 is 0. The van der Waals surface area contributed by atoms with Gasteiger partial charge >= 0.3 is 0 Å². The van der Waals surface area contributed by atoms with E-state index < -0.39 is 0 Å². The second-order valence-corrected chi connectivity index (χ2v) is 3.16. The zero-order valence-corrected chi connectivity index (χ0v) is 7.41. The fourth-order valence-electron chi connectivity index (χ4n) is 0.645. The summed E-state index contributed by atoms with van der Waals surface area (Å²) in [7, 11) is 0. The Labute approximate surface area is 74.2 Å². The largest absolute Gasteiger partial charge is 0.325 e. The van der Waals surface area contributed by atoms with Crippen molar-refractivity contribution in [3.05, 3.63) is 16.8 Å². The van der Waals surface area contributed by atoms with Gasteiger partial charge in [0, 0.05) is 17.7 Å². The van der Waals surface area contributed by atoms with Gasteiger partial charge in [-0.05, 0) is 11.4 Å². The first-order valence-corrected chi connectivity index (χ1v) is 4.68. The van der Waals surface area contributed by atoms with Gasteiger partial charge in [-0.15, -0.1) is 11.6 Å². The van der Waals surface area contributed by atoms with Crippen molar-refractivity contribution in [2.75, 3.05) is 11.2 Å². The van der Waals surface area contributed by atoms with Crippen LogP contribution in [0.4, 0.5) is 5.69 Å². The Morgan fingerprint density at radius 1 is 1.73 bits per heavy atom. The molecule has 0 aliphatic carbocycles. The number of carbonyl (C=O) groups excluding carboxylic acids is 1. The maximum Gasteiger partial charge on any atom is 0.225 e. The van der Waals surface area contributed by atoms with Crippen molar-refractivity contribution in [3.63, 3.8) is 0 Å². The van der Waals surface area contributed by atoms with E-state index in [1.807, 2.05) is 16.8 Å². The van der Waals surface area contributed by atoms with Gasteiger partial charge in [0.1, 0.15) is 0 Å². The summed E-state index contributed by atoms with van der Waals surface area (Å²) in [6.45, 7) is 0. The summed E-state index contributed by atoms with van der Waals surface area (Å²) in [5.41, 5.74) is 0.852. The molecule has 0 aliphatic heterocycles. The van der Waals surface area contributed by atoms with Crippen molar-refractivity contribution < 1.29 is 4.79 Å². The summed E-state index contributed by atoms with van der Waals surface area (Å²) in [6, 6.07) is 1.86. The standard InChI is InChI=1S/C7H8ClNOS/c8-3-1-7(10)9-6-2-4-11-5-6/h2,4-5H,1,3H2,(H,9,10). The Bertz CT molecular complexity index is 222. The molecule has 0 spiro atoms. The molecule has 1 aromatic heterocycles. The number of nitrogens with one attached hydrogen (secondary N) is 1. The number of alkyl halides is 1. The molecule has 0 radical (unpaired) electrons. The summed E-state index contributed by atoms with van der Waals surface area (Å²) >= 11 is 6.93. The normalized spacial score (nSPS) is 9.55. The van der Waals surface area contributed by atoms with Crippen molar-refractivity contribution in [1.29, 1.82) is 0 Å². The van der Waals surface area contributed by atoms with Crippen molar-refractivity contribution in [1.82, 2.24) is 0 Å². The number of hydrogen-bond donors (Lipinski definition) is 1. The third-order valence-corrected chi connectivity index (χ3v) is 2.00. The van der Waals surface area contributed by atoms with Gasteiger partial charge in [0.05, 0.1) is 5.69 Å². The molecule has 11 heavy (non-hydrogen) atoms. The number of carbonyl (C=O) groups is 1. The zero-order valence-electron chi connectivity index (χ0n) is 5.84. The minimum atomic E-state index is -0.0293. The maximum absolute atomic E-state index is 10.9. The Hall–Kier alpha value is -0.540. The molecule has 1 heterocycles. The van der Waals surface area contributed by atoms with Crippen LogP contribution in [0, 0.1) is 0 Å². The van der Waals surface area contributed by atoms with Crippen LogP contribution in [0.3, 0.4) is 0 Å². The third kappa shape index (κ3) is 2.91. The molecule has 0 fully saturated rings. The molecule has 2 nitrogen and oxygen atoms in total. The lowest BCUT2D eigenvalue weighted by atomic mass is 10.4. The molecular formula is C7H8ClNOS. The minimum absolute atomic E-state index is 0.0293. The topological polar surface area (TPSA) is 29.1 Å². The van der Waals surface area contributed by atoms with Gasteiger partial charge in [0.25, 0.3) is 0 Å². The molecule has 0 unspecified atom stereocenters. The molecule has 0 saturated carbocycles. The van der Waals surface area contributed by atoms with Gasteiger partial charge < -0.3 is 5.32 Å². The predicted molar refractivity (Wildman–Crippen MR) is 48.3 cm³/mol. The van der Waals surface area contributed by atoms with Gasteiger partial charge in [-0.2, -0.15) is 11.3 Å². The third-order valence-electron chi connectivity index (χ3n) is 1.13.